The lowest BCUT2D eigenvalue weighted by Crippen LogP contribution is -2.10. The van der Waals surface area contributed by atoms with Crippen LogP contribution in [0.1, 0.15) is 0 Å². The van der Waals surface area contributed by atoms with Crippen LogP contribution in [0.4, 0.5) is 17.1 Å². The van der Waals surface area contributed by atoms with Gasteiger partial charge in [0, 0.05) is 52.8 Å². The Morgan fingerprint density at radius 3 is 1.72 bits per heavy atom. The third-order valence-corrected chi connectivity index (χ3v) is 13.1. The minimum Gasteiger partial charge on any atom is -0.456 e. The van der Waals surface area contributed by atoms with Crippen LogP contribution in [0.5, 0.6) is 0 Å². The van der Waals surface area contributed by atoms with Crippen LogP contribution in [-0.2, 0) is 0 Å². The molecule has 0 atom stereocenters. The topological polar surface area (TPSA) is 29.5 Å². The molecule has 4 heterocycles. The van der Waals surface area contributed by atoms with E-state index in [1.165, 1.54) is 51.7 Å². The van der Waals surface area contributed by atoms with E-state index in [9.17, 15) is 0 Å². The van der Waals surface area contributed by atoms with Crippen molar-refractivity contribution in [1.82, 2.24) is 0 Å². The summed E-state index contributed by atoms with van der Waals surface area (Å²) in [6, 6.07) is 58.8. The van der Waals surface area contributed by atoms with E-state index >= 15 is 0 Å². The Hall–Kier alpha value is -6.40. The number of anilines is 3. The molecule has 0 aliphatic heterocycles. The smallest absolute Gasteiger partial charge is 0.147 e. The summed E-state index contributed by atoms with van der Waals surface area (Å²) in [5.41, 5.74) is 9.06. The van der Waals surface area contributed by atoms with Crippen molar-refractivity contribution in [3.05, 3.63) is 164 Å². The molecule has 4 aromatic heterocycles. The Balaban J connectivity index is 1.14. The molecule has 0 bridgehead atoms. The van der Waals surface area contributed by atoms with Crippen LogP contribution in [0.15, 0.2) is 173 Å². The Labute approximate surface area is 311 Å². The molecule has 53 heavy (non-hydrogen) atoms. The lowest BCUT2D eigenvalue weighted by Gasteiger charge is -2.27. The summed E-state index contributed by atoms with van der Waals surface area (Å²) < 4.78 is 18.2. The number of fused-ring (bicyclic) bond motifs is 13. The van der Waals surface area contributed by atoms with Gasteiger partial charge < -0.3 is 13.7 Å². The zero-order valence-electron chi connectivity index (χ0n) is 28.2. The van der Waals surface area contributed by atoms with Crippen LogP contribution < -0.4 is 4.90 Å². The number of furan rings is 2. The van der Waals surface area contributed by atoms with Crippen LogP contribution in [0.25, 0.3) is 95.3 Å². The zero-order chi connectivity index (χ0) is 34.6. The monoisotopic (exact) mass is 713 g/mol. The predicted molar refractivity (Wildman–Crippen MR) is 227 cm³/mol. The van der Waals surface area contributed by atoms with Crippen molar-refractivity contribution in [1.29, 1.82) is 0 Å². The van der Waals surface area contributed by atoms with Gasteiger partial charge in [0.15, 0.2) is 0 Å². The van der Waals surface area contributed by atoms with Crippen LogP contribution >= 0.6 is 22.7 Å². The van der Waals surface area contributed by atoms with Gasteiger partial charge in [-0.2, -0.15) is 0 Å². The number of thiophene rings is 2. The van der Waals surface area contributed by atoms with Gasteiger partial charge in [-0.3, -0.25) is 0 Å². The number of rotatable bonds is 4. The second kappa shape index (κ2) is 11.1. The maximum atomic E-state index is 6.57. The average molecular weight is 714 g/mol. The molecule has 0 saturated heterocycles. The molecule has 5 heteroatoms. The minimum atomic E-state index is 0.824. The number of para-hydroxylation sites is 1. The van der Waals surface area contributed by atoms with Crippen molar-refractivity contribution in [2.24, 2.45) is 0 Å². The number of hydrogen-bond acceptors (Lipinski definition) is 5. The summed E-state index contributed by atoms with van der Waals surface area (Å²) in [5, 5.41) is 9.41. The van der Waals surface area contributed by atoms with Crippen molar-refractivity contribution < 1.29 is 8.83 Å². The fourth-order valence-corrected chi connectivity index (χ4v) is 10.8. The predicted octanol–water partition coefficient (Wildman–Crippen LogP) is 15.4. The van der Waals surface area contributed by atoms with Crippen LogP contribution in [0.2, 0.25) is 0 Å². The van der Waals surface area contributed by atoms with Crippen molar-refractivity contribution in [2.75, 3.05) is 4.90 Å². The SMILES string of the molecule is c1cc(-c2cccc3oc4ccc5c6ccccc6oc5c4c23)cc(N(c2cccc3c2sc2ccccc23)c2cccc3c2sc2ccccc23)c1. The van der Waals surface area contributed by atoms with E-state index < -0.39 is 0 Å². The van der Waals surface area contributed by atoms with Gasteiger partial charge in [-0.05, 0) is 71.8 Å². The summed E-state index contributed by atoms with van der Waals surface area (Å²) in [6.07, 6.45) is 0. The van der Waals surface area contributed by atoms with E-state index in [1.807, 2.05) is 34.8 Å². The Morgan fingerprint density at radius 1 is 0.396 bits per heavy atom. The molecule has 0 amide bonds. The molecule has 0 fully saturated rings. The first-order chi connectivity index (χ1) is 26.3. The zero-order valence-corrected chi connectivity index (χ0v) is 29.8. The lowest BCUT2D eigenvalue weighted by atomic mass is 9.97. The highest BCUT2D eigenvalue weighted by Gasteiger charge is 2.23. The maximum absolute atomic E-state index is 6.57. The first-order valence-electron chi connectivity index (χ1n) is 17.7. The first kappa shape index (κ1) is 29.2. The largest absolute Gasteiger partial charge is 0.456 e. The van der Waals surface area contributed by atoms with Gasteiger partial charge in [0.1, 0.15) is 22.3 Å². The van der Waals surface area contributed by atoms with E-state index in [-0.39, 0.29) is 0 Å². The molecule has 8 aromatic carbocycles. The Bertz CT molecular complexity index is 3320. The van der Waals surface area contributed by atoms with Crippen LogP contribution in [0, 0.1) is 0 Å². The fraction of sp³-hybridized carbons (Fsp3) is 0. The molecule has 0 unspecified atom stereocenters. The molecule has 0 N–H and O–H groups in total. The Morgan fingerprint density at radius 2 is 0.981 bits per heavy atom. The Kier molecular flexibility index (Phi) is 6.09. The molecule has 0 aliphatic carbocycles. The second-order valence-electron chi connectivity index (χ2n) is 13.6. The summed E-state index contributed by atoms with van der Waals surface area (Å²) in [6.45, 7) is 0. The normalized spacial score (nSPS) is 12.2. The molecule has 0 aliphatic rings. The second-order valence-corrected chi connectivity index (χ2v) is 15.7. The summed E-state index contributed by atoms with van der Waals surface area (Å²) >= 11 is 3.73. The first-order valence-corrected chi connectivity index (χ1v) is 19.4. The number of benzene rings is 8. The van der Waals surface area contributed by atoms with Gasteiger partial charge in [-0.15, -0.1) is 22.7 Å². The van der Waals surface area contributed by atoms with Crippen molar-refractivity contribution in [2.45, 2.75) is 0 Å². The fourth-order valence-electron chi connectivity index (χ4n) is 8.36. The lowest BCUT2D eigenvalue weighted by molar-refractivity contribution is 0.663. The van der Waals surface area contributed by atoms with Crippen molar-refractivity contribution in [3.63, 3.8) is 0 Å². The van der Waals surface area contributed by atoms with Crippen LogP contribution in [-0.4, -0.2) is 0 Å². The van der Waals surface area contributed by atoms with E-state index in [2.05, 4.69) is 157 Å². The highest BCUT2D eigenvalue weighted by atomic mass is 32.1. The third kappa shape index (κ3) is 4.20. The molecule has 0 spiro atoms. The molecule has 12 rings (SSSR count). The third-order valence-electron chi connectivity index (χ3n) is 10.7. The maximum Gasteiger partial charge on any atom is 0.147 e. The van der Waals surface area contributed by atoms with E-state index in [0.29, 0.717) is 0 Å². The van der Waals surface area contributed by atoms with Gasteiger partial charge in [-0.25, -0.2) is 0 Å². The standard InChI is InChI=1S/C48H27NO2S2/c1-4-21-39-31(13-1)34-25-26-41-45(46(34)51-39)44-30(16-10-22-40(44)50-41)28-11-7-12-29(27-28)49(37-19-8-17-35-32-14-2-5-23-42(32)52-47(35)37)38-20-9-18-36-33-15-3-6-24-43(33)53-48(36)38/h1-27H. The van der Waals surface area contributed by atoms with E-state index in [0.717, 1.165) is 60.7 Å². The van der Waals surface area contributed by atoms with Gasteiger partial charge >= 0.3 is 0 Å². The molecule has 248 valence electrons. The van der Waals surface area contributed by atoms with Gasteiger partial charge in [-0.1, -0.05) is 103 Å². The molecule has 0 radical (unpaired) electrons. The van der Waals surface area contributed by atoms with Crippen LogP contribution in [0.3, 0.4) is 0 Å². The molecule has 0 saturated carbocycles. The molecule has 12 aromatic rings. The molecule has 3 nitrogen and oxygen atoms in total. The average Bonchev–Trinajstić information content (AvgIpc) is 3.98. The number of hydrogen-bond donors (Lipinski definition) is 0. The minimum absolute atomic E-state index is 0.824. The van der Waals surface area contributed by atoms with Crippen molar-refractivity contribution in [3.8, 4) is 11.1 Å². The van der Waals surface area contributed by atoms with Gasteiger partial charge in [0.25, 0.3) is 0 Å². The van der Waals surface area contributed by atoms with Gasteiger partial charge in [0.2, 0.25) is 0 Å². The van der Waals surface area contributed by atoms with Gasteiger partial charge in [0.05, 0.1) is 26.2 Å². The summed E-state index contributed by atoms with van der Waals surface area (Å²) in [4.78, 5) is 2.48. The molecular weight excluding hydrogens is 687 g/mol. The highest BCUT2D eigenvalue weighted by molar-refractivity contribution is 7.27. The van der Waals surface area contributed by atoms with E-state index in [1.54, 1.807) is 0 Å². The highest BCUT2D eigenvalue weighted by Crippen LogP contribution is 2.50. The molecular formula is C48H27NO2S2. The van der Waals surface area contributed by atoms with Crippen molar-refractivity contribution >= 4 is 124 Å². The number of nitrogens with zero attached hydrogens (tertiary/aromatic N) is 1. The summed E-state index contributed by atoms with van der Waals surface area (Å²) in [5.74, 6) is 0. The quantitative estimate of drug-likeness (QED) is 0.182. The van der Waals surface area contributed by atoms with E-state index in [4.69, 9.17) is 8.83 Å². The summed E-state index contributed by atoms with van der Waals surface area (Å²) in [7, 11) is 0.